The first-order chi connectivity index (χ1) is 24.4. The first-order valence-corrected chi connectivity index (χ1v) is 21.9. The summed E-state index contributed by atoms with van der Waals surface area (Å²) >= 11 is 0. The molecule has 300 valence electrons. The summed E-state index contributed by atoms with van der Waals surface area (Å²) in [6.07, 6.45) is 7.19. The van der Waals surface area contributed by atoms with Gasteiger partial charge in [0.05, 0.1) is 23.3 Å². The third kappa shape index (κ3) is 7.88. The lowest BCUT2D eigenvalue weighted by Gasteiger charge is -2.38. The molecule has 2 aliphatic heterocycles. The highest BCUT2D eigenvalue weighted by atomic mass is 32.2. The third-order valence-electron chi connectivity index (χ3n) is 14.3. The number of carbonyl (C=O) groups excluding carboxylic acids is 5. The zero-order chi connectivity index (χ0) is 39.5. The fourth-order valence-electron chi connectivity index (χ4n) is 10.6. The zero-order valence-electron chi connectivity index (χ0n) is 34.2. The second-order valence-electron chi connectivity index (χ2n) is 20.2. The van der Waals surface area contributed by atoms with Gasteiger partial charge in [-0.3, -0.25) is 28.7 Å². The van der Waals surface area contributed by atoms with Crippen molar-refractivity contribution in [3.63, 3.8) is 0 Å². The number of carbonyl (C=O) groups is 5. The van der Waals surface area contributed by atoms with Gasteiger partial charge in [0.25, 0.3) is 0 Å². The summed E-state index contributed by atoms with van der Waals surface area (Å²) in [5, 5.41) is 2.54. The molecule has 3 amide bonds. The molecule has 2 heterocycles. The lowest BCUT2D eigenvalue weighted by Crippen LogP contribution is -2.54. The van der Waals surface area contributed by atoms with Crippen molar-refractivity contribution < 1.29 is 32.4 Å². The topological polar surface area (TPSA) is 150 Å². The zero-order valence-corrected chi connectivity index (χ0v) is 35.0. The van der Waals surface area contributed by atoms with Crippen LogP contribution in [0.1, 0.15) is 139 Å². The lowest BCUT2D eigenvalue weighted by atomic mass is 9.73. The summed E-state index contributed by atoms with van der Waals surface area (Å²) in [6.45, 7) is 20.1. The van der Waals surface area contributed by atoms with E-state index in [1.165, 1.54) is 0 Å². The van der Waals surface area contributed by atoms with Gasteiger partial charge in [-0.1, -0.05) is 75.2 Å². The van der Waals surface area contributed by atoms with Crippen molar-refractivity contribution in [2.45, 2.75) is 157 Å². The van der Waals surface area contributed by atoms with E-state index in [4.69, 9.17) is 0 Å². The largest absolute Gasteiger partial charge is 0.345 e. The molecule has 5 fully saturated rings. The molecule has 3 aliphatic carbocycles. The van der Waals surface area contributed by atoms with Gasteiger partial charge in [-0.15, -0.1) is 0 Å². The van der Waals surface area contributed by atoms with Gasteiger partial charge in [-0.05, 0) is 86.6 Å². The summed E-state index contributed by atoms with van der Waals surface area (Å²) in [5.41, 5.74) is -1.50. The number of rotatable bonds is 14. The van der Waals surface area contributed by atoms with Gasteiger partial charge in [-0.2, -0.15) is 0 Å². The molecule has 5 rings (SSSR count). The van der Waals surface area contributed by atoms with Gasteiger partial charge in [0.2, 0.25) is 27.7 Å². The third-order valence-corrected chi connectivity index (χ3v) is 16.2. The molecular weight excluding hydrogens is 693 g/mol. The first-order valence-electron chi connectivity index (χ1n) is 20.3. The van der Waals surface area contributed by atoms with Gasteiger partial charge in [-0.25, -0.2) is 8.42 Å². The van der Waals surface area contributed by atoms with E-state index in [-0.39, 0.29) is 58.4 Å². The van der Waals surface area contributed by atoms with Crippen LogP contribution in [0.3, 0.4) is 0 Å². The van der Waals surface area contributed by atoms with E-state index in [1.807, 2.05) is 55.5 Å². The lowest BCUT2D eigenvalue weighted by molar-refractivity contribution is -0.147. The molecule has 3 saturated carbocycles. The summed E-state index contributed by atoms with van der Waals surface area (Å²) < 4.78 is 27.6. The maximum absolute atomic E-state index is 15.0. The van der Waals surface area contributed by atoms with Crippen LogP contribution in [-0.2, 0) is 34.0 Å². The van der Waals surface area contributed by atoms with Gasteiger partial charge in [0, 0.05) is 43.2 Å². The Bertz CT molecular complexity index is 1570. The maximum Gasteiger partial charge on any atom is 0.237 e. The van der Waals surface area contributed by atoms with Gasteiger partial charge in [0.15, 0.2) is 11.6 Å². The molecule has 11 nitrogen and oxygen atoms in total. The highest BCUT2D eigenvalue weighted by Gasteiger charge is 2.85. The molecule has 6 atom stereocenters. The molecule has 0 radical (unpaired) electrons. The van der Waals surface area contributed by atoms with Gasteiger partial charge >= 0.3 is 0 Å². The van der Waals surface area contributed by atoms with Crippen LogP contribution < -0.4 is 10.0 Å². The predicted molar refractivity (Wildman–Crippen MR) is 205 cm³/mol. The molecule has 0 unspecified atom stereocenters. The Labute approximate surface area is 318 Å². The van der Waals surface area contributed by atoms with E-state index in [2.05, 4.69) is 28.8 Å². The van der Waals surface area contributed by atoms with Crippen LogP contribution in [0.5, 0.6) is 0 Å². The van der Waals surface area contributed by atoms with Crippen LogP contribution in [0.2, 0.25) is 0 Å². The smallest absolute Gasteiger partial charge is 0.237 e. The average molecular weight is 761 g/mol. The minimum absolute atomic E-state index is 0.0495. The van der Waals surface area contributed by atoms with Crippen LogP contribution in [0, 0.1) is 44.8 Å². The van der Waals surface area contributed by atoms with Crippen molar-refractivity contribution in [1.29, 1.82) is 0 Å². The van der Waals surface area contributed by atoms with E-state index in [0.29, 0.717) is 45.2 Å². The van der Waals surface area contributed by atoms with Crippen LogP contribution in [-0.4, -0.2) is 91.5 Å². The van der Waals surface area contributed by atoms with Crippen LogP contribution in [0.15, 0.2) is 0 Å². The van der Waals surface area contributed by atoms with Crippen molar-refractivity contribution >= 4 is 39.3 Å². The van der Waals surface area contributed by atoms with Crippen molar-refractivity contribution in [3.8, 4) is 0 Å². The molecule has 5 aliphatic rings. The molecule has 0 aromatic rings. The van der Waals surface area contributed by atoms with Crippen molar-refractivity contribution in [2.75, 3.05) is 26.7 Å². The second kappa shape index (κ2) is 14.6. The monoisotopic (exact) mass is 760 g/mol. The quantitative estimate of drug-likeness (QED) is 0.244. The fourth-order valence-corrected chi connectivity index (χ4v) is 11.9. The van der Waals surface area contributed by atoms with Crippen molar-refractivity contribution in [3.05, 3.63) is 0 Å². The summed E-state index contributed by atoms with van der Waals surface area (Å²) in [5.74, 6) is -3.20. The first kappa shape index (κ1) is 41.8. The Hall–Kier alpha value is -2.34. The molecule has 0 aromatic carbocycles. The minimum atomic E-state index is -3.77. The number of piperidine rings is 1. The number of fused-ring (bicyclic) bond motifs is 1. The summed E-state index contributed by atoms with van der Waals surface area (Å²) in [7, 11) is -1.77. The van der Waals surface area contributed by atoms with E-state index in [9.17, 15) is 27.6 Å². The SMILES string of the molecule is CCC[C@H](CC(=O)[C@@H]1C[C@@]2(CN1C(=O)[C@@H](CC(=O)[C@@H](NC(=O)[C@@H]1CCCN(C)C1)C(C)(C)C)C(C)(C)C)C(C)(C)C21CCC1)C(=O)NS(=O)(=O)C1CC1. The van der Waals surface area contributed by atoms with Crippen LogP contribution >= 0.6 is 0 Å². The minimum Gasteiger partial charge on any atom is -0.345 e. The van der Waals surface area contributed by atoms with E-state index >= 15 is 4.79 Å². The number of Topliss-reactive ketones (excluding diaryl/α,β-unsaturated/α-hetero) is 2. The Balaban J connectivity index is 1.40. The standard InChI is InChI=1S/C41H68N4O7S/c1-11-14-26(35(49)43-53(51,52)28-16-17-28)21-31(46)30-23-41(39(8,9)40(41)18-13-19-40)25-45(30)36(50)29(37(2,3)4)22-32(47)33(38(5,6)7)42-34(48)27-15-12-20-44(10)24-27/h26-30,33H,11-25H2,1-10H3,(H,42,48)(H,43,49)/t26-,27-,29-,30+,33-,41-/m1/s1. The predicted octanol–water partition coefficient (Wildman–Crippen LogP) is 5.26. The molecule has 0 bridgehead atoms. The normalized spacial score (nSPS) is 28.5. The molecule has 0 aromatic heterocycles. The van der Waals surface area contributed by atoms with E-state index < -0.39 is 55.9 Å². The molecule has 2 spiro atoms. The number of ketones is 2. The van der Waals surface area contributed by atoms with Crippen LogP contribution in [0.25, 0.3) is 0 Å². The molecule has 53 heavy (non-hydrogen) atoms. The molecule has 12 heteroatoms. The number of nitrogens with zero attached hydrogens (tertiary/aromatic N) is 2. The Kier molecular flexibility index (Phi) is 11.5. The number of hydrogen-bond acceptors (Lipinski definition) is 8. The van der Waals surface area contributed by atoms with Crippen molar-refractivity contribution in [2.24, 2.45) is 44.8 Å². The second-order valence-corrected chi connectivity index (χ2v) is 22.2. The van der Waals surface area contributed by atoms with Gasteiger partial charge < -0.3 is 15.1 Å². The Morgan fingerprint density at radius 3 is 2.02 bits per heavy atom. The average Bonchev–Trinajstić information content (AvgIpc) is 3.89. The van der Waals surface area contributed by atoms with E-state index in [1.54, 1.807) is 4.90 Å². The Morgan fingerprint density at radius 2 is 1.53 bits per heavy atom. The van der Waals surface area contributed by atoms with E-state index in [0.717, 1.165) is 38.6 Å². The highest BCUT2D eigenvalue weighted by Crippen LogP contribution is 2.88. The van der Waals surface area contributed by atoms with Crippen LogP contribution in [0.4, 0.5) is 0 Å². The molecular formula is C41H68N4O7S. The maximum atomic E-state index is 15.0. The molecule has 2 saturated heterocycles. The molecule has 2 N–H and O–H groups in total. The number of hydrogen-bond donors (Lipinski definition) is 2. The number of amides is 3. The van der Waals surface area contributed by atoms with Gasteiger partial charge in [0.1, 0.15) is 0 Å². The highest BCUT2D eigenvalue weighted by molar-refractivity contribution is 7.90. The number of nitrogens with one attached hydrogen (secondary N) is 2. The number of sulfonamides is 1. The summed E-state index contributed by atoms with van der Waals surface area (Å²) in [6, 6.07) is -1.56. The fraction of sp³-hybridized carbons (Fsp3) is 0.878. The Morgan fingerprint density at radius 1 is 0.887 bits per heavy atom. The number of likely N-dealkylation sites (tertiary alicyclic amines) is 2. The summed E-state index contributed by atoms with van der Waals surface area (Å²) in [4.78, 5) is 74.7. The van der Waals surface area contributed by atoms with Crippen molar-refractivity contribution in [1.82, 2.24) is 19.8 Å².